The van der Waals surface area contributed by atoms with Gasteiger partial charge in [0, 0.05) is 24.1 Å². The van der Waals surface area contributed by atoms with Gasteiger partial charge in [0.15, 0.2) is 0 Å². The summed E-state index contributed by atoms with van der Waals surface area (Å²) in [6.45, 7) is 8.95. The lowest BCUT2D eigenvalue weighted by atomic mass is 9.91. The van der Waals surface area contributed by atoms with Crippen molar-refractivity contribution in [2.75, 3.05) is 25.5 Å². The minimum absolute atomic E-state index is 0.0341. The van der Waals surface area contributed by atoms with Crippen molar-refractivity contribution in [1.29, 1.82) is 5.26 Å². The number of carbonyl (C=O) groups is 3. The number of anilines is 1. The van der Waals surface area contributed by atoms with Crippen LogP contribution in [0.1, 0.15) is 76.8 Å². The fraction of sp³-hybridized carbons (Fsp3) is 0.500. The van der Waals surface area contributed by atoms with Crippen LogP contribution in [0.3, 0.4) is 0 Å². The van der Waals surface area contributed by atoms with Gasteiger partial charge in [-0.05, 0) is 83.8 Å². The zero-order chi connectivity index (χ0) is 30.4. The van der Waals surface area contributed by atoms with Crippen molar-refractivity contribution in [3.05, 3.63) is 65.5 Å². The van der Waals surface area contributed by atoms with Crippen LogP contribution in [0.2, 0.25) is 0 Å². The van der Waals surface area contributed by atoms with Gasteiger partial charge in [0.05, 0.1) is 11.6 Å². The number of hydrogen-bond acceptors (Lipinski definition) is 6. The third kappa shape index (κ3) is 11.3. The fourth-order valence-corrected chi connectivity index (χ4v) is 4.68. The number of nitrogens with one attached hydrogen (secondary N) is 2. The van der Waals surface area contributed by atoms with Crippen LogP contribution in [0.15, 0.2) is 48.5 Å². The van der Waals surface area contributed by atoms with E-state index in [2.05, 4.69) is 10.6 Å². The van der Waals surface area contributed by atoms with Crippen molar-refractivity contribution in [2.45, 2.75) is 77.4 Å². The Hall–Kier alpha value is -3.77. The van der Waals surface area contributed by atoms with Gasteiger partial charge in [-0.1, -0.05) is 43.7 Å². The first-order valence-electron chi connectivity index (χ1n) is 14.2. The Morgan fingerprint density at radius 1 is 1.20 bits per heavy atom. The van der Waals surface area contributed by atoms with Crippen LogP contribution in [0.25, 0.3) is 0 Å². The lowest BCUT2D eigenvalue weighted by Gasteiger charge is -2.24. The van der Waals surface area contributed by atoms with E-state index in [-0.39, 0.29) is 35.4 Å². The molecule has 2 aromatic carbocycles. The van der Waals surface area contributed by atoms with Gasteiger partial charge < -0.3 is 20.2 Å². The van der Waals surface area contributed by atoms with Crippen molar-refractivity contribution >= 4 is 24.0 Å². The molecule has 1 saturated heterocycles. The number of halogens is 1. The highest BCUT2D eigenvalue weighted by atomic mass is 19.1. The molecule has 1 aliphatic rings. The van der Waals surface area contributed by atoms with E-state index in [9.17, 15) is 18.8 Å². The molecule has 8 nitrogen and oxygen atoms in total. The number of amides is 2. The number of nitrogens with zero attached hydrogens (tertiary/aromatic N) is 2. The van der Waals surface area contributed by atoms with Gasteiger partial charge in [-0.25, -0.2) is 9.18 Å². The summed E-state index contributed by atoms with van der Waals surface area (Å²) in [7, 11) is 1.92. The summed E-state index contributed by atoms with van der Waals surface area (Å²) >= 11 is 0. The zero-order valence-electron chi connectivity index (χ0n) is 24.8. The second-order valence-electron chi connectivity index (χ2n) is 11.3. The molecule has 0 aromatic heterocycles. The number of alkyl carbamates (subject to hydrolysis) is 1. The summed E-state index contributed by atoms with van der Waals surface area (Å²) in [4.78, 5) is 36.6. The molecular formula is C32H43FN4O4. The Labute approximate surface area is 243 Å². The molecule has 222 valence electrons. The number of nitriles is 1. The molecule has 2 aromatic rings. The Bertz CT molecular complexity index is 1180. The third-order valence-electron chi connectivity index (χ3n) is 6.89. The van der Waals surface area contributed by atoms with E-state index in [0.29, 0.717) is 12.2 Å². The van der Waals surface area contributed by atoms with E-state index in [1.807, 2.05) is 70.0 Å². The summed E-state index contributed by atoms with van der Waals surface area (Å²) in [5.74, 6) is -0.515. The van der Waals surface area contributed by atoms with E-state index in [1.165, 1.54) is 12.1 Å². The average Bonchev–Trinajstić information content (AvgIpc) is 3.32. The molecule has 3 atom stereocenters. The second-order valence-corrected chi connectivity index (χ2v) is 11.3. The monoisotopic (exact) mass is 566 g/mol. The molecule has 0 spiro atoms. The molecule has 2 N–H and O–H groups in total. The molecule has 1 fully saturated rings. The summed E-state index contributed by atoms with van der Waals surface area (Å²) in [5, 5.41) is 14.3. The topological polar surface area (TPSA) is 112 Å². The van der Waals surface area contributed by atoms with Gasteiger partial charge in [0.2, 0.25) is 5.91 Å². The third-order valence-corrected chi connectivity index (χ3v) is 6.89. The number of aldehydes is 1. The molecule has 0 saturated carbocycles. The average molecular weight is 567 g/mol. The number of likely N-dealkylation sites (tertiary alicyclic amines) is 1. The van der Waals surface area contributed by atoms with Crippen LogP contribution in [0.5, 0.6) is 0 Å². The molecule has 1 aliphatic heterocycles. The highest BCUT2D eigenvalue weighted by Crippen LogP contribution is 2.33. The van der Waals surface area contributed by atoms with E-state index in [1.54, 1.807) is 12.1 Å². The lowest BCUT2D eigenvalue weighted by Crippen LogP contribution is -2.40. The Morgan fingerprint density at radius 2 is 1.90 bits per heavy atom. The number of ether oxygens (including phenoxy) is 1. The van der Waals surface area contributed by atoms with Crippen molar-refractivity contribution in [3.63, 3.8) is 0 Å². The molecule has 0 bridgehead atoms. The number of benzene rings is 2. The van der Waals surface area contributed by atoms with Crippen molar-refractivity contribution in [1.82, 2.24) is 10.2 Å². The number of likely N-dealkylation sites (N-methyl/N-ethyl adjacent to an activating group) is 1. The van der Waals surface area contributed by atoms with Crippen molar-refractivity contribution in [2.24, 2.45) is 5.92 Å². The van der Waals surface area contributed by atoms with Gasteiger partial charge >= 0.3 is 6.09 Å². The molecular weight excluding hydrogens is 523 g/mol. The number of rotatable bonds is 10. The smallest absolute Gasteiger partial charge is 0.407 e. The summed E-state index contributed by atoms with van der Waals surface area (Å²) in [5.41, 5.74) is 1.01. The number of unbranched alkanes of at least 4 members (excludes halogenated alkanes) is 1. The molecule has 1 unspecified atom stereocenters. The van der Waals surface area contributed by atoms with E-state index in [0.717, 1.165) is 50.5 Å². The molecule has 0 radical (unpaired) electrons. The number of carbonyl (C=O) groups excluding carboxylic acids is 3. The lowest BCUT2D eigenvalue weighted by molar-refractivity contribution is -0.120. The van der Waals surface area contributed by atoms with E-state index < -0.39 is 11.4 Å². The summed E-state index contributed by atoms with van der Waals surface area (Å²) < 4.78 is 18.8. The minimum atomic E-state index is -0.630. The largest absolute Gasteiger partial charge is 0.444 e. The van der Waals surface area contributed by atoms with E-state index >= 15 is 0 Å². The van der Waals surface area contributed by atoms with Gasteiger partial charge in [-0.3, -0.25) is 9.69 Å². The molecule has 2 amide bonds. The van der Waals surface area contributed by atoms with Crippen LogP contribution in [0.4, 0.5) is 14.9 Å². The Balaban J connectivity index is 0.000000307. The Morgan fingerprint density at radius 3 is 2.49 bits per heavy atom. The molecule has 9 heteroatoms. The standard InChI is InChI=1S/C19H18FN3O.C13H25NO3/c1-23-10-9-16(13-5-3-2-4-6-13)18(23)19(24)22-15-8-7-14(12-21)17(20)11-15;1-5-11(10-15)8-6-7-9-14-12(16)17-13(2,3)4/h2-8,11,16,18H,9-10H2,1H3,(H,22,24);10-11H,5-9H2,1-4H3,(H,14,16)/t16-,18-;/m0./s1. The van der Waals surface area contributed by atoms with Gasteiger partial charge in [0.25, 0.3) is 0 Å². The van der Waals surface area contributed by atoms with Crippen molar-refractivity contribution in [3.8, 4) is 6.07 Å². The van der Waals surface area contributed by atoms with Crippen LogP contribution in [0, 0.1) is 23.1 Å². The first kappa shape index (κ1) is 33.4. The number of hydrogen-bond donors (Lipinski definition) is 2. The molecule has 1 heterocycles. The molecule has 3 rings (SSSR count). The molecule has 41 heavy (non-hydrogen) atoms. The van der Waals surface area contributed by atoms with Gasteiger partial charge in [-0.2, -0.15) is 5.26 Å². The summed E-state index contributed by atoms with van der Waals surface area (Å²) in [6, 6.07) is 15.5. The predicted molar refractivity (Wildman–Crippen MR) is 158 cm³/mol. The highest BCUT2D eigenvalue weighted by Gasteiger charge is 2.38. The quantitative estimate of drug-likeness (QED) is 0.268. The molecule has 0 aliphatic carbocycles. The second kappa shape index (κ2) is 16.5. The van der Waals surface area contributed by atoms with Crippen LogP contribution >= 0.6 is 0 Å². The maximum Gasteiger partial charge on any atom is 0.407 e. The van der Waals surface area contributed by atoms with Gasteiger partial charge in [-0.15, -0.1) is 0 Å². The fourth-order valence-electron chi connectivity index (χ4n) is 4.68. The van der Waals surface area contributed by atoms with Crippen LogP contribution in [-0.4, -0.2) is 55.0 Å². The normalized spacial score (nSPS) is 17.4. The SMILES string of the molecule is CCC(C=O)CCCCNC(=O)OC(C)(C)C.CN1CC[C@@H](c2ccccc2)[C@H]1C(=O)Nc1ccc(C#N)c(F)c1. The first-order chi connectivity index (χ1) is 19.5. The minimum Gasteiger partial charge on any atom is -0.444 e. The predicted octanol–water partition coefficient (Wildman–Crippen LogP) is 6.03. The first-order valence-corrected chi connectivity index (χ1v) is 14.2. The maximum atomic E-state index is 13.7. The Kier molecular flexibility index (Phi) is 13.4. The highest BCUT2D eigenvalue weighted by molar-refractivity contribution is 5.95. The van der Waals surface area contributed by atoms with Gasteiger partial charge in [0.1, 0.15) is 23.8 Å². The van der Waals surface area contributed by atoms with Crippen LogP contribution < -0.4 is 10.6 Å². The summed E-state index contributed by atoms with van der Waals surface area (Å²) in [6.07, 6.45) is 5.16. The van der Waals surface area contributed by atoms with E-state index in [4.69, 9.17) is 10.00 Å². The maximum absolute atomic E-state index is 13.7. The van der Waals surface area contributed by atoms with Crippen molar-refractivity contribution < 1.29 is 23.5 Å². The van der Waals surface area contributed by atoms with Crippen LogP contribution in [-0.2, 0) is 14.3 Å². The zero-order valence-corrected chi connectivity index (χ0v) is 24.8.